The lowest BCUT2D eigenvalue weighted by Gasteiger charge is -2.36. The molecule has 2 aliphatic carbocycles. The zero-order chi connectivity index (χ0) is 13.3. The van der Waals surface area contributed by atoms with E-state index in [-0.39, 0.29) is 12.0 Å². The number of allylic oxidation sites excluding steroid dienone is 2. The molecule has 1 atom stereocenters. The molecule has 18 heavy (non-hydrogen) atoms. The Kier molecular flexibility index (Phi) is 3.28. The lowest BCUT2D eigenvalue weighted by molar-refractivity contribution is -0.147. The molecule has 0 saturated heterocycles. The Morgan fingerprint density at radius 2 is 2.06 bits per heavy atom. The molecule has 0 aromatic rings. The second kappa shape index (κ2) is 4.59. The van der Waals surface area contributed by atoms with Crippen LogP contribution in [0.3, 0.4) is 0 Å². The highest BCUT2D eigenvalue weighted by Crippen LogP contribution is 2.44. The summed E-state index contributed by atoms with van der Waals surface area (Å²) in [6.07, 6.45) is 7.26. The number of carboxylic acid groups (broad SMARTS) is 2. The van der Waals surface area contributed by atoms with Crippen LogP contribution in [0.2, 0.25) is 0 Å². The number of aliphatic carboxylic acids is 2. The summed E-state index contributed by atoms with van der Waals surface area (Å²) in [5.41, 5.74) is -0.0745. The first-order valence-corrected chi connectivity index (χ1v) is 6.30. The van der Waals surface area contributed by atoms with Gasteiger partial charge in [-0.15, -0.1) is 0 Å². The van der Waals surface area contributed by atoms with Crippen molar-refractivity contribution < 1.29 is 19.8 Å². The van der Waals surface area contributed by atoms with Gasteiger partial charge in [0.1, 0.15) is 0 Å². The van der Waals surface area contributed by atoms with Crippen molar-refractivity contribution in [3.05, 3.63) is 23.3 Å². The predicted octanol–water partition coefficient (Wildman–Crippen LogP) is 2.61. The second-order valence-corrected chi connectivity index (χ2v) is 5.50. The molecule has 0 aliphatic heterocycles. The van der Waals surface area contributed by atoms with E-state index >= 15 is 0 Å². The normalized spacial score (nSPS) is 28.1. The van der Waals surface area contributed by atoms with E-state index in [1.165, 1.54) is 0 Å². The van der Waals surface area contributed by atoms with Crippen LogP contribution in [-0.2, 0) is 9.59 Å². The van der Waals surface area contributed by atoms with Crippen molar-refractivity contribution in [3.63, 3.8) is 0 Å². The molecule has 0 amide bonds. The van der Waals surface area contributed by atoms with E-state index in [1.807, 2.05) is 0 Å². The van der Waals surface area contributed by atoms with Gasteiger partial charge in [0.25, 0.3) is 0 Å². The standard InChI is InChI=1S/C14H18O4/c1-9-5-11(12(15)16)8-14(6-9,13(17)18)7-10-3-2-4-10/h5-6,10H,2-4,7-8H2,1H3,(H,15,16)(H,17,18). The number of hydrogen-bond donors (Lipinski definition) is 2. The summed E-state index contributed by atoms with van der Waals surface area (Å²) < 4.78 is 0. The Balaban J connectivity index is 2.28. The first-order valence-electron chi connectivity index (χ1n) is 6.30. The van der Waals surface area contributed by atoms with E-state index in [0.717, 1.165) is 24.8 Å². The van der Waals surface area contributed by atoms with Gasteiger partial charge in [0, 0.05) is 5.57 Å². The maximum Gasteiger partial charge on any atom is 0.331 e. The van der Waals surface area contributed by atoms with Gasteiger partial charge in [-0.05, 0) is 31.8 Å². The lowest BCUT2D eigenvalue weighted by Crippen LogP contribution is -2.36. The molecule has 1 fully saturated rings. The summed E-state index contributed by atoms with van der Waals surface area (Å²) in [5, 5.41) is 18.6. The summed E-state index contributed by atoms with van der Waals surface area (Å²) in [6.45, 7) is 1.76. The van der Waals surface area contributed by atoms with Gasteiger partial charge >= 0.3 is 11.9 Å². The fourth-order valence-corrected chi connectivity index (χ4v) is 2.90. The third-order valence-corrected chi connectivity index (χ3v) is 3.99. The van der Waals surface area contributed by atoms with E-state index in [1.54, 1.807) is 19.1 Å². The highest BCUT2D eigenvalue weighted by atomic mass is 16.4. The van der Waals surface area contributed by atoms with Gasteiger partial charge < -0.3 is 10.2 Å². The van der Waals surface area contributed by atoms with Gasteiger partial charge in [-0.2, -0.15) is 0 Å². The Labute approximate surface area is 106 Å². The highest BCUT2D eigenvalue weighted by Gasteiger charge is 2.43. The number of carboxylic acids is 2. The molecular formula is C14H18O4. The molecule has 1 unspecified atom stereocenters. The third kappa shape index (κ3) is 2.33. The first kappa shape index (κ1) is 12.9. The minimum absolute atomic E-state index is 0.103. The highest BCUT2D eigenvalue weighted by molar-refractivity contribution is 5.90. The fraction of sp³-hybridized carbons (Fsp3) is 0.571. The fourth-order valence-electron chi connectivity index (χ4n) is 2.90. The van der Waals surface area contributed by atoms with Gasteiger partial charge in [0.05, 0.1) is 5.41 Å². The predicted molar refractivity (Wildman–Crippen MR) is 66.1 cm³/mol. The quantitative estimate of drug-likeness (QED) is 0.804. The molecule has 0 bridgehead atoms. The lowest BCUT2D eigenvalue weighted by atomic mass is 9.67. The van der Waals surface area contributed by atoms with E-state index in [9.17, 15) is 14.7 Å². The summed E-state index contributed by atoms with van der Waals surface area (Å²) in [6, 6.07) is 0. The Hall–Kier alpha value is -1.58. The molecule has 0 radical (unpaired) electrons. The van der Waals surface area contributed by atoms with Crippen molar-refractivity contribution in [1.29, 1.82) is 0 Å². The number of rotatable bonds is 4. The van der Waals surface area contributed by atoms with Crippen LogP contribution in [0.5, 0.6) is 0 Å². The topological polar surface area (TPSA) is 74.6 Å². The van der Waals surface area contributed by atoms with Crippen LogP contribution >= 0.6 is 0 Å². The van der Waals surface area contributed by atoms with Crippen LogP contribution in [0.4, 0.5) is 0 Å². The molecular weight excluding hydrogens is 232 g/mol. The zero-order valence-corrected chi connectivity index (χ0v) is 10.5. The largest absolute Gasteiger partial charge is 0.481 e. The van der Waals surface area contributed by atoms with Crippen LogP contribution in [0.15, 0.2) is 23.3 Å². The van der Waals surface area contributed by atoms with Gasteiger partial charge in [-0.1, -0.05) is 30.9 Å². The smallest absolute Gasteiger partial charge is 0.331 e. The number of carbonyl (C=O) groups is 2. The van der Waals surface area contributed by atoms with Crippen molar-refractivity contribution in [1.82, 2.24) is 0 Å². The summed E-state index contributed by atoms with van der Waals surface area (Å²) in [4.78, 5) is 22.7. The molecule has 2 aliphatic rings. The molecule has 1 saturated carbocycles. The van der Waals surface area contributed by atoms with Crippen molar-refractivity contribution >= 4 is 11.9 Å². The Bertz CT molecular complexity index is 443. The molecule has 2 rings (SSSR count). The van der Waals surface area contributed by atoms with Gasteiger partial charge in [0.2, 0.25) is 0 Å². The molecule has 2 N–H and O–H groups in total. The van der Waals surface area contributed by atoms with Crippen LogP contribution < -0.4 is 0 Å². The van der Waals surface area contributed by atoms with E-state index in [4.69, 9.17) is 5.11 Å². The van der Waals surface area contributed by atoms with Gasteiger partial charge in [-0.25, -0.2) is 4.79 Å². The molecule has 0 spiro atoms. The summed E-state index contributed by atoms with van der Waals surface area (Å²) in [7, 11) is 0. The average molecular weight is 250 g/mol. The SMILES string of the molecule is CC1=CC(CC2CCC2)(C(=O)O)CC(C(=O)O)=C1. The van der Waals surface area contributed by atoms with Crippen molar-refractivity contribution in [2.75, 3.05) is 0 Å². The molecule has 4 nitrogen and oxygen atoms in total. The summed E-state index contributed by atoms with van der Waals surface area (Å²) in [5.74, 6) is -1.49. The van der Waals surface area contributed by atoms with Crippen LogP contribution in [0, 0.1) is 11.3 Å². The minimum atomic E-state index is -1.02. The minimum Gasteiger partial charge on any atom is -0.481 e. The molecule has 98 valence electrons. The van der Waals surface area contributed by atoms with E-state index < -0.39 is 17.4 Å². The third-order valence-electron chi connectivity index (χ3n) is 3.99. The molecule has 0 heterocycles. The van der Waals surface area contributed by atoms with Crippen molar-refractivity contribution in [3.8, 4) is 0 Å². The number of hydrogen-bond acceptors (Lipinski definition) is 2. The van der Waals surface area contributed by atoms with Crippen LogP contribution in [0.1, 0.15) is 39.0 Å². The van der Waals surface area contributed by atoms with Gasteiger partial charge in [0.15, 0.2) is 0 Å². The van der Waals surface area contributed by atoms with E-state index in [0.29, 0.717) is 12.3 Å². The van der Waals surface area contributed by atoms with Gasteiger partial charge in [-0.3, -0.25) is 4.79 Å². The Morgan fingerprint density at radius 3 is 2.50 bits per heavy atom. The van der Waals surface area contributed by atoms with Crippen LogP contribution in [-0.4, -0.2) is 22.2 Å². The molecule has 0 aromatic heterocycles. The zero-order valence-electron chi connectivity index (χ0n) is 10.5. The monoisotopic (exact) mass is 250 g/mol. The average Bonchev–Trinajstić information content (AvgIpc) is 2.22. The second-order valence-electron chi connectivity index (χ2n) is 5.50. The van der Waals surface area contributed by atoms with Crippen LogP contribution in [0.25, 0.3) is 0 Å². The van der Waals surface area contributed by atoms with E-state index in [2.05, 4.69) is 0 Å². The Morgan fingerprint density at radius 1 is 1.39 bits per heavy atom. The first-order chi connectivity index (χ1) is 8.43. The maximum atomic E-state index is 11.6. The van der Waals surface area contributed by atoms with Crippen molar-refractivity contribution in [2.24, 2.45) is 11.3 Å². The molecule has 4 heteroatoms. The van der Waals surface area contributed by atoms with Crippen molar-refractivity contribution in [2.45, 2.75) is 39.0 Å². The summed E-state index contributed by atoms with van der Waals surface area (Å²) >= 11 is 0. The molecule has 0 aromatic carbocycles. The maximum absolute atomic E-state index is 11.6.